The molecule has 0 heterocycles. The summed E-state index contributed by atoms with van der Waals surface area (Å²) in [6.07, 6.45) is 1.77. The first kappa shape index (κ1) is 19.8. The lowest BCUT2D eigenvalue weighted by molar-refractivity contribution is 0.0796. The minimum absolute atomic E-state index is 0.00871. The quantitative estimate of drug-likeness (QED) is 0.741. The van der Waals surface area contributed by atoms with Gasteiger partial charge in [-0.05, 0) is 42.3 Å². The summed E-state index contributed by atoms with van der Waals surface area (Å²) in [6, 6.07) is 12.1. The molecule has 2 aromatic rings. The molecule has 0 radical (unpaired) electrons. The predicted molar refractivity (Wildman–Crippen MR) is 99.8 cm³/mol. The van der Waals surface area contributed by atoms with Crippen molar-refractivity contribution >= 4 is 15.7 Å². The van der Waals surface area contributed by atoms with Gasteiger partial charge in [0.15, 0.2) is 9.84 Å². The normalized spacial score (nSPS) is 11.1. The number of rotatable bonds is 7. The maximum Gasteiger partial charge on any atom is 0.253 e. The van der Waals surface area contributed by atoms with Gasteiger partial charge in [-0.2, -0.15) is 0 Å². The van der Waals surface area contributed by atoms with E-state index in [0.29, 0.717) is 18.5 Å². The molecule has 0 fully saturated rings. The van der Waals surface area contributed by atoms with Crippen LogP contribution in [-0.2, 0) is 16.3 Å². The van der Waals surface area contributed by atoms with Gasteiger partial charge in [0.2, 0.25) is 0 Å². The molecule has 0 aliphatic rings. The average Bonchev–Trinajstić information content (AvgIpc) is 2.64. The highest BCUT2D eigenvalue weighted by molar-refractivity contribution is 7.90. The molecule has 0 aliphatic heterocycles. The Morgan fingerprint density at radius 3 is 2.23 bits per heavy atom. The Balaban J connectivity index is 2.12. The summed E-state index contributed by atoms with van der Waals surface area (Å²) in [6.45, 7) is 0.505. The van der Waals surface area contributed by atoms with Crippen molar-refractivity contribution in [3.8, 4) is 11.5 Å². The lowest BCUT2D eigenvalue weighted by atomic mass is 10.1. The van der Waals surface area contributed by atoms with Crippen LogP contribution in [0.1, 0.15) is 15.9 Å². The van der Waals surface area contributed by atoms with Crippen LogP contribution in [0, 0.1) is 0 Å². The van der Waals surface area contributed by atoms with Crippen molar-refractivity contribution < 1.29 is 22.7 Å². The minimum Gasteiger partial charge on any atom is -0.497 e. The van der Waals surface area contributed by atoms with Gasteiger partial charge in [-0.3, -0.25) is 4.79 Å². The topological polar surface area (TPSA) is 72.9 Å². The first-order valence-corrected chi connectivity index (χ1v) is 9.92. The van der Waals surface area contributed by atoms with E-state index in [2.05, 4.69) is 0 Å². The highest BCUT2D eigenvalue weighted by atomic mass is 32.2. The zero-order valence-electron chi connectivity index (χ0n) is 15.4. The number of hydrogen-bond acceptors (Lipinski definition) is 5. The van der Waals surface area contributed by atoms with Gasteiger partial charge < -0.3 is 14.4 Å². The molecule has 0 atom stereocenters. The summed E-state index contributed by atoms with van der Waals surface area (Å²) in [5, 5.41) is 0. The Kier molecular flexibility index (Phi) is 6.26. The molecule has 2 rings (SSSR count). The summed E-state index contributed by atoms with van der Waals surface area (Å²) in [4.78, 5) is 14.2. The molecule has 26 heavy (non-hydrogen) atoms. The zero-order valence-corrected chi connectivity index (χ0v) is 16.2. The van der Waals surface area contributed by atoms with Crippen LogP contribution in [0.5, 0.6) is 11.5 Å². The predicted octanol–water partition coefficient (Wildman–Crippen LogP) is 2.42. The molecule has 140 valence electrons. The third-order valence-corrected chi connectivity index (χ3v) is 5.17. The van der Waals surface area contributed by atoms with Crippen molar-refractivity contribution in [3.05, 3.63) is 53.6 Å². The third kappa shape index (κ3) is 4.76. The highest BCUT2D eigenvalue weighted by Gasteiger charge is 2.19. The van der Waals surface area contributed by atoms with Gasteiger partial charge in [0.25, 0.3) is 5.91 Å². The number of carbonyl (C=O) groups excluding carboxylic acids is 1. The van der Waals surface area contributed by atoms with E-state index in [4.69, 9.17) is 9.47 Å². The van der Waals surface area contributed by atoms with Crippen LogP contribution in [0.15, 0.2) is 47.4 Å². The first-order chi connectivity index (χ1) is 12.3. The van der Waals surface area contributed by atoms with Crippen molar-refractivity contribution in [3.63, 3.8) is 0 Å². The van der Waals surface area contributed by atoms with E-state index in [1.165, 1.54) is 19.2 Å². The summed E-state index contributed by atoms with van der Waals surface area (Å²) in [5.41, 5.74) is 1.39. The van der Waals surface area contributed by atoms with E-state index in [1.807, 2.05) is 24.3 Å². The molecule has 0 unspecified atom stereocenters. The first-order valence-electron chi connectivity index (χ1n) is 8.02. The molecule has 0 saturated heterocycles. The Labute approximate surface area is 154 Å². The molecule has 1 amide bonds. The number of amides is 1. The second kappa shape index (κ2) is 8.23. The maximum absolute atomic E-state index is 12.6. The molecule has 6 nitrogen and oxygen atoms in total. The number of ether oxygens (including phenoxy) is 2. The molecule has 0 spiro atoms. The van der Waals surface area contributed by atoms with Crippen LogP contribution in [0.25, 0.3) is 0 Å². The number of methoxy groups -OCH3 is 2. The number of likely N-dealkylation sites (N-methyl/N-ethyl adjacent to an activating group) is 1. The van der Waals surface area contributed by atoms with Crippen LogP contribution < -0.4 is 9.47 Å². The van der Waals surface area contributed by atoms with Crippen LogP contribution in [0.2, 0.25) is 0 Å². The third-order valence-electron chi connectivity index (χ3n) is 4.05. The fourth-order valence-corrected chi connectivity index (χ4v) is 3.37. The molecular formula is C19H23NO5S. The molecule has 7 heteroatoms. The van der Waals surface area contributed by atoms with E-state index in [-0.39, 0.29) is 16.6 Å². The highest BCUT2D eigenvalue weighted by Crippen LogP contribution is 2.25. The maximum atomic E-state index is 12.6. The van der Waals surface area contributed by atoms with Crippen LogP contribution in [0.4, 0.5) is 0 Å². The summed E-state index contributed by atoms with van der Waals surface area (Å²) >= 11 is 0. The summed E-state index contributed by atoms with van der Waals surface area (Å²) in [5.74, 6) is 0.765. The van der Waals surface area contributed by atoms with Crippen LogP contribution in [-0.4, -0.2) is 53.3 Å². The summed E-state index contributed by atoms with van der Waals surface area (Å²) in [7, 11) is 1.20. The minimum atomic E-state index is -3.50. The monoisotopic (exact) mass is 377 g/mol. The van der Waals surface area contributed by atoms with E-state index in [0.717, 1.165) is 17.6 Å². The second-order valence-corrected chi connectivity index (χ2v) is 7.95. The van der Waals surface area contributed by atoms with Crippen molar-refractivity contribution in [1.29, 1.82) is 0 Å². The Morgan fingerprint density at radius 2 is 1.69 bits per heavy atom. The molecule has 0 N–H and O–H groups in total. The molecule has 0 bridgehead atoms. The van der Waals surface area contributed by atoms with Gasteiger partial charge in [0, 0.05) is 25.4 Å². The van der Waals surface area contributed by atoms with Gasteiger partial charge in [-0.1, -0.05) is 12.1 Å². The molecule has 2 aromatic carbocycles. The molecule has 0 saturated carbocycles. The van der Waals surface area contributed by atoms with Gasteiger partial charge in [-0.25, -0.2) is 8.42 Å². The molecule has 0 aliphatic carbocycles. The largest absolute Gasteiger partial charge is 0.497 e. The van der Waals surface area contributed by atoms with Crippen molar-refractivity contribution in [2.75, 3.05) is 34.1 Å². The Morgan fingerprint density at radius 1 is 1.04 bits per heavy atom. The lowest BCUT2D eigenvalue weighted by Crippen LogP contribution is -2.29. The van der Waals surface area contributed by atoms with Gasteiger partial charge in [0.1, 0.15) is 16.4 Å². The van der Waals surface area contributed by atoms with E-state index in [9.17, 15) is 13.2 Å². The van der Waals surface area contributed by atoms with Gasteiger partial charge in [0.05, 0.1) is 14.2 Å². The van der Waals surface area contributed by atoms with Crippen molar-refractivity contribution in [2.24, 2.45) is 0 Å². The average molecular weight is 377 g/mol. The second-order valence-electron chi connectivity index (χ2n) is 5.96. The summed E-state index contributed by atoms with van der Waals surface area (Å²) < 4.78 is 34.0. The Hall–Kier alpha value is -2.54. The van der Waals surface area contributed by atoms with E-state index in [1.54, 1.807) is 25.1 Å². The molecular weight excluding hydrogens is 354 g/mol. The Bertz CT molecular complexity index is 875. The van der Waals surface area contributed by atoms with Gasteiger partial charge in [-0.15, -0.1) is 0 Å². The zero-order chi connectivity index (χ0) is 19.3. The van der Waals surface area contributed by atoms with Crippen LogP contribution in [0.3, 0.4) is 0 Å². The van der Waals surface area contributed by atoms with E-state index < -0.39 is 9.84 Å². The number of benzene rings is 2. The molecule has 0 aromatic heterocycles. The standard InChI is InChI=1S/C19H23NO5S/c1-20(12-11-14-5-8-16(24-2)9-6-14)19(21)15-7-10-17(25-3)18(13-15)26(4,22)23/h5-10,13H,11-12H2,1-4H3. The van der Waals surface area contributed by atoms with Crippen molar-refractivity contribution in [2.45, 2.75) is 11.3 Å². The number of nitrogens with zero attached hydrogens (tertiary/aromatic N) is 1. The van der Waals surface area contributed by atoms with Gasteiger partial charge >= 0.3 is 0 Å². The van der Waals surface area contributed by atoms with Crippen molar-refractivity contribution in [1.82, 2.24) is 4.90 Å². The fraction of sp³-hybridized carbons (Fsp3) is 0.316. The number of carbonyl (C=O) groups is 1. The lowest BCUT2D eigenvalue weighted by Gasteiger charge is -2.18. The van der Waals surface area contributed by atoms with Crippen LogP contribution >= 0.6 is 0 Å². The number of hydrogen-bond donors (Lipinski definition) is 0. The smallest absolute Gasteiger partial charge is 0.253 e. The SMILES string of the molecule is COc1ccc(CCN(C)C(=O)c2ccc(OC)c(S(C)(=O)=O)c2)cc1. The fourth-order valence-electron chi connectivity index (χ4n) is 2.51. The number of sulfone groups is 1. The van der Waals surface area contributed by atoms with E-state index >= 15 is 0 Å².